The van der Waals surface area contributed by atoms with Gasteiger partial charge in [-0.15, -0.1) is 0 Å². The maximum absolute atomic E-state index is 5.91. The number of ether oxygens (including phenoxy) is 1. The van der Waals surface area contributed by atoms with Gasteiger partial charge >= 0.3 is 0 Å². The third-order valence-electron chi connectivity index (χ3n) is 3.21. The van der Waals surface area contributed by atoms with E-state index in [2.05, 4.69) is 17.2 Å². The third kappa shape index (κ3) is 2.47. The first-order valence-corrected chi connectivity index (χ1v) is 6.04. The number of methoxy groups -OCH3 is 1. The van der Waals surface area contributed by atoms with E-state index in [1.54, 1.807) is 7.11 Å². The van der Waals surface area contributed by atoms with Crippen molar-refractivity contribution in [2.75, 3.05) is 12.8 Å². The summed E-state index contributed by atoms with van der Waals surface area (Å²) in [6, 6.07) is 8.11. The Hall–Kier alpha value is -1.97. The fourth-order valence-electron chi connectivity index (χ4n) is 1.96. The molecule has 0 amide bonds. The number of hydrogen-bond acceptors (Lipinski definition) is 3. The lowest BCUT2D eigenvalue weighted by Gasteiger charge is -2.06. The summed E-state index contributed by atoms with van der Waals surface area (Å²) in [5.41, 5.74) is 9.92. The van der Waals surface area contributed by atoms with E-state index in [4.69, 9.17) is 10.5 Å². The normalized spacial score (nSPS) is 10.6. The maximum Gasteiger partial charge on any atom is 0.118 e. The van der Waals surface area contributed by atoms with Crippen LogP contribution in [0.1, 0.15) is 17.0 Å². The van der Waals surface area contributed by atoms with E-state index in [9.17, 15) is 0 Å². The molecule has 0 aliphatic rings. The van der Waals surface area contributed by atoms with E-state index in [0.29, 0.717) is 0 Å². The van der Waals surface area contributed by atoms with Crippen LogP contribution in [0.4, 0.5) is 5.69 Å². The van der Waals surface area contributed by atoms with Crippen molar-refractivity contribution in [3.8, 4) is 5.75 Å². The monoisotopic (exact) mass is 245 g/mol. The molecule has 0 unspecified atom stereocenters. The average molecular weight is 245 g/mol. The second-order valence-electron chi connectivity index (χ2n) is 4.41. The molecule has 4 heteroatoms. The Labute approximate surface area is 107 Å². The highest BCUT2D eigenvalue weighted by molar-refractivity contribution is 5.46. The van der Waals surface area contributed by atoms with Gasteiger partial charge in [0.2, 0.25) is 0 Å². The molecular formula is C14H19N3O. The van der Waals surface area contributed by atoms with Crippen molar-refractivity contribution in [1.29, 1.82) is 0 Å². The van der Waals surface area contributed by atoms with Crippen LogP contribution in [-0.4, -0.2) is 16.9 Å². The molecule has 0 bridgehead atoms. The van der Waals surface area contributed by atoms with Gasteiger partial charge in [-0.2, -0.15) is 5.10 Å². The van der Waals surface area contributed by atoms with E-state index in [1.807, 2.05) is 30.7 Å². The summed E-state index contributed by atoms with van der Waals surface area (Å²) in [5, 5.41) is 4.43. The molecule has 4 nitrogen and oxygen atoms in total. The highest BCUT2D eigenvalue weighted by atomic mass is 16.5. The van der Waals surface area contributed by atoms with Crippen LogP contribution in [-0.2, 0) is 13.0 Å². The van der Waals surface area contributed by atoms with Gasteiger partial charge in [0.1, 0.15) is 5.75 Å². The fourth-order valence-corrected chi connectivity index (χ4v) is 1.96. The van der Waals surface area contributed by atoms with Crippen molar-refractivity contribution >= 4 is 5.69 Å². The zero-order valence-corrected chi connectivity index (χ0v) is 11.1. The van der Waals surface area contributed by atoms with Crippen LogP contribution in [0.2, 0.25) is 0 Å². The topological polar surface area (TPSA) is 53.1 Å². The van der Waals surface area contributed by atoms with E-state index in [1.165, 1.54) is 5.56 Å². The summed E-state index contributed by atoms with van der Waals surface area (Å²) >= 11 is 0. The van der Waals surface area contributed by atoms with Gasteiger partial charge in [0.25, 0.3) is 0 Å². The number of nitrogen functional groups attached to an aromatic ring is 1. The average Bonchev–Trinajstić information content (AvgIpc) is 2.64. The number of nitrogens with zero attached hydrogens (tertiary/aromatic N) is 2. The molecule has 96 valence electrons. The Morgan fingerprint density at radius 2 is 1.89 bits per heavy atom. The highest BCUT2D eigenvalue weighted by Crippen LogP contribution is 2.16. The molecule has 0 fully saturated rings. The molecule has 0 atom stereocenters. The lowest BCUT2D eigenvalue weighted by molar-refractivity contribution is 0.414. The Morgan fingerprint density at radius 1 is 1.22 bits per heavy atom. The smallest absolute Gasteiger partial charge is 0.118 e. The summed E-state index contributed by atoms with van der Waals surface area (Å²) < 4.78 is 7.10. The zero-order valence-electron chi connectivity index (χ0n) is 11.1. The molecule has 0 aliphatic carbocycles. The number of rotatable bonds is 4. The summed E-state index contributed by atoms with van der Waals surface area (Å²) in [6.45, 7) is 4.78. The maximum atomic E-state index is 5.91. The van der Waals surface area contributed by atoms with Gasteiger partial charge in [-0.25, -0.2) is 0 Å². The molecule has 0 radical (unpaired) electrons. The van der Waals surface area contributed by atoms with E-state index in [-0.39, 0.29) is 0 Å². The minimum atomic E-state index is 0.796. The van der Waals surface area contributed by atoms with Crippen LogP contribution in [0, 0.1) is 13.8 Å². The molecule has 2 N–H and O–H groups in total. The Kier molecular flexibility index (Phi) is 3.55. The van der Waals surface area contributed by atoms with Crippen molar-refractivity contribution in [3.05, 3.63) is 41.2 Å². The summed E-state index contributed by atoms with van der Waals surface area (Å²) in [7, 11) is 1.67. The van der Waals surface area contributed by atoms with Gasteiger partial charge in [0.05, 0.1) is 24.2 Å². The SMILES string of the molecule is COc1ccc(CCn2nc(C)c(N)c2C)cc1. The van der Waals surface area contributed by atoms with Crippen molar-refractivity contribution in [1.82, 2.24) is 9.78 Å². The third-order valence-corrected chi connectivity index (χ3v) is 3.21. The largest absolute Gasteiger partial charge is 0.497 e. The van der Waals surface area contributed by atoms with Gasteiger partial charge in [0.15, 0.2) is 0 Å². The number of anilines is 1. The van der Waals surface area contributed by atoms with Crippen molar-refractivity contribution in [3.63, 3.8) is 0 Å². The molecule has 0 saturated heterocycles. The first-order chi connectivity index (χ1) is 8.61. The lowest BCUT2D eigenvalue weighted by Crippen LogP contribution is -2.05. The van der Waals surface area contributed by atoms with Crippen LogP contribution in [0.3, 0.4) is 0 Å². The standard InChI is InChI=1S/C14H19N3O/c1-10-14(15)11(2)17(16-10)9-8-12-4-6-13(18-3)7-5-12/h4-7H,8-9,15H2,1-3H3. The summed E-state index contributed by atoms with van der Waals surface area (Å²) in [6.07, 6.45) is 0.936. The van der Waals surface area contributed by atoms with Crippen LogP contribution >= 0.6 is 0 Å². The second kappa shape index (κ2) is 5.12. The van der Waals surface area contributed by atoms with Gasteiger partial charge in [-0.1, -0.05) is 12.1 Å². The van der Waals surface area contributed by atoms with Crippen molar-refractivity contribution in [2.45, 2.75) is 26.8 Å². The Morgan fingerprint density at radius 3 is 2.39 bits per heavy atom. The Balaban J connectivity index is 2.04. The fraction of sp³-hybridized carbons (Fsp3) is 0.357. The number of aromatic nitrogens is 2. The van der Waals surface area contributed by atoms with Gasteiger partial charge in [-0.3, -0.25) is 4.68 Å². The number of hydrogen-bond donors (Lipinski definition) is 1. The molecule has 1 aromatic heterocycles. The number of benzene rings is 1. The molecule has 18 heavy (non-hydrogen) atoms. The summed E-state index contributed by atoms with van der Waals surface area (Å²) in [4.78, 5) is 0. The molecule has 2 aromatic rings. The van der Waals surface area contributed by atoms with Crippen LogP contribution in [0.15, 0.2) is 24.3 Å². The minimum Gasteiger partial charge on any atom is -0.497 e. The minimum absolute atomic E-state index is 0.796. The van der Waals surface area contributed by atoms with Gasteiger partial charge < -0.3 is 10.5 Å². The number of aryl methyl sites for hydroxylation is 3. The van der Waals surface area contributed by atoms with Gasteiger partial charge in [0, 0.05) is 6.54 Å². The first-order valence-electron chi connectivity index (χ1n) is 6.04. The quantitative estimate of drug-likeness (QED) is 0.899. The molecule has 0 saturated carbocycles. The predicted octanol–water partition coefficient (Wildman–Crippen LogP) is 2.33. The predicted molar refractivity (Wildman–Crippen MR) is 72.8 cm³/mol. The second-order valence-corrected chi connectivity index (χ2v) is 4.41. The first kappa shape index (κ1) is 12.5. The molecule has 0 spiro atoms. The van der Waals surface area contributed by atoms with Crippen LogP contribution in [0.5, 0.6) is 5.75 Å². The van der Waals surface area contributed by atoms with Crippen molar-refractivity contribution < 1.29 is 4.74 Å². The number of nitrogens with two attached hydrogens (primary N) is 1. The van der Waals surface area contributed by atoms with Crippen LogP contribution < -0.4 is 10.5 Å². The molecular weight excluding hydrogens is 226 g/mol. The van der Waals surface area contributed by atoms with Gasteiger partial charge in [-0.05, 0) is 38.0 Å². The van der Waals surface area contributed by atoms with Crippen LogP contribution in [0.25, 0.3) is 0 Å². The van der Waals surface area contributed by atoms with E-state index in [0.717, 1.165) is 35.8 Å². The highest BCUT2D eigenvalue weighted by Gasteiger charge is 2.07. The lowest BCUT2D eigenvalue weighted by atomic mass is 10.1. The van der Waals surface area contributed by atoms with E-state index >= 15 is 0 Å². The summed E-state index contributed by atoms with van der Waals surface area (Å²) in [5.74, 6) is 0.883. The molecule has 1 heterocycles. The Bertz CT molecular complexity index is 529. The van der Waals surface area contributed by atoms with Crippen molar-refractivity contribution in [2.24, 2.45) is 0 Å². The zero-order chi connectivity index (χ0) is 13.1. The molecule has 0 aliphatic heterocycles. The molecule has 2 rings (SSSR count). The molecule has 1 aromatic carbocycles. The van der Waals surface area contributed by atoms with E-state index < -0.39 is 0 Å².